The van der Waals surface area contributed by atoms with Gasteiger partial charge in [-0.25, -0.2) is 4.98 Å². The molecule has 0 aliphatic rings. The molecular weight excluding hydrogens is 211 g/mol. The quantitative estimate of drug-likeness (QED) is 0.685. The van der Waals surface area contributed by atoms with Gasteiger partial charge < -0.3 is 4.98 Å². The van der Waals surface area contributed by atoms with Crippen LogP contribution < -0.4 is 5.56 Å². The first-order chi connectivity index (χ1) is 6.16. The number of halogens is 2. The minimum Gasteiger partial charge on any atom is -0.322 e. The van der Waals surface area contributed by atoms with Gasteiger partial charge in [0, 0.05) is 11.5 Å². The molecule has 0 fully saturated rings. The van der Waals surface area contributed by atoms with Crippen LogP contribution in [0.4, 0.5) is 0 Å². The second-order valence-corrected chi connectivity index (χ2v) is 3.26. The number of rotatable bonds is 0. The van der Waals surface area contributed by atoms with Crippen LogP contribution in [0.3, 0.4) is 0 Å². The molecule has 0 aliphatic carbocycles. The van der Waals surface area contributed by atoms with Crippen molar-refractivity contribution < 1.29 is 0 Å². The number of nitrogens with zero attached hydrogens (tertiary/aromatic N) is 1. The Labute approximate surface area is 83.3 Å². The average molecular weight is 215 g/mol. The third-order valence-corrected chi connectivity index (χ3v) is 2.12. The number of hydrogen-bond donors (Lipinski definition) is 1. The summed E-state index contributed by atoms with van der Waals surface area (Å²) in [5, 5.41) is 1.24. The number of nitrogens with one attached hydrogen (secondary N) is 1. The molecule has 0 saturated heterocycles. The highest BCUT2D eigenvalue weighted by atomic mass is 35.5. The standard InChI is InChI=1S/C8H4Cl2N2O/c9-6-3-5-4(8(10)12-6)1-2-7(13)11-5/h1-3H,(H,11,13). The van der Waals surface area contributed by atoms with E-state index in [1.807, 2.05) is 0 Å². The van der Waals surface area contributed by atoms with E-state index in [4.69, 9.17) is 23.2 Å². The lowest BCUT2D eigenvalue weighted by molar-refractivity contribution is 1.27. The third kappa shape index (κ3) is 1.53. The summed E-state index contributed by atoms with van der Waals surface area (Å²) >= 11 is 11.5. The normalized spacial score (nSPS) is 10.6. The first-order valence-electron chi connectivity index (χ1n) is 3.52. The molecule has 2 aromatic heterocycles. The Morgan fingerprint density at radius 2 is 2.08 bits per heavy atom. The van der Waals surface area contributed by atoms with Crippen LogP contribution in [0.25, 0.3) is 10.9 Å². The Bertz CT molecular complexity index is 521. The fourth-order valence-electron chi connectivity index (χ4n) is 1.09. The van der Waals surface area contributed by atoms with Gasteiger partial charge in [-0.05, 0) is 12.1 Å². The lowest BCUT2D eigenvalue weighted by Gasteiger charge is -1.98. The van der Waals surface area contributed by atoms with E-state index in [1.165, 1.54) is 6.07 Å². The Hall–Kier alpha value is -1.06. The first kappa shape index (κ1) is 8.53. The van der Waals surface area contributed by atoms with Crippen molar-refractivity contribution >= 4 is 34.1 Å². The summed E-state index contributed by atoms with van der Waals surface area (Å²) in [5.41, 5.74) is 0.406. The van der Waals surface area contributed by atoms with Crippen molar-refractivity contribution in [1.29, 1.82) is 0 Å². The van der Waals surface area contributed by atoms with Gasteiger partial charge in [0.1, 0.15) is 10.3 Å². The van der Waals surface area contributed by atoms with Gasteiger partial charge >= 0.3 is 0 Å². The molecule has 2 heterocycles. The summed E-state index contributed by atoms with van der Waals surface area (Å²) in [4.78, 5) is 17.4. The molecule has 2 rings (SSSR count). The van der Waals surface area contributed by atoms with Gasteiger partial charge in [-0.1, -0.05) is 23.2 Å². The maximum atomic E-state index is 10.9. The van der Waals surface area contributed by atoms with Gasteiger partial charge in [0.2, 0.25) is 5.56 Å². The van der Waals surface area contributed by atoms with Crippen LogP contribution in [0, 0.1) is 0 Å². The van der Waals surface area contributed by atoms with Gasteiger partial charge in [-0.15, -0.1) is 0 Å². The topological polar surface area (TPSA) is 45.8 Å². The third-order valence-electron chi connectivity index (χ3n) is 1.64. The SMILES string of the molecule is O=c1ccc2c(Cl)nc(Cl)cc2[nH]1. The molecule has 0 aromatic carbocycles. The number of aromatic nitrogens is 2. The summed E-state index contributed by atoms with van der Waals surface area (Å²) in [6.07, 6.45) is 0. The molecule has 0 aliphatic heterocycles. The molecule has 0 saturated carbocycles. The largest absolute Gasteiger partial charge is 0.322 e. The lowest BCUT2D eigenvalue weighted by atomic mass is 10.3. The predicted octanol–water partition coefficient (Wildman–Crippen LogP) is 2.23. The number of fused-ring (bicyclic) bond motifs is 1. The highest BCUT2D eigenvalue weighted by Crippen LogP contribution is 2.21. The molecule has 0 spiro atoms. The molecule has 5 heteroatoms. The maximum absolute atomic E-state index is 10.9. The highest BCUT2D eigenvalue weighted by Gasteiger charge is 2.02. The van der Waals surface area contributed by atoms with Crippen molar-refractivity contribution in [3.63, 3.8) is 0 Å². The van der Waals surface area contributed by atoms with Crippen LogP contribution in [-0.4, -0.2) is 9.97 Å². The number of pyridine rings is 2. The Kier molecular flexibility index (Phi) is 1.98. The van der Waals surface area contributed by atoms with Gasteiger partial charge in [0.05, 0.1) is 5.52 Å². The van der Waals surface area contributed by atoms with Crippen molar-refractivity contribution in [2.24, 2.45) is 0 Å². The van der Waals surface area contributed by atoms with E-state index in [-0.39, 0.29) is 10.7 Å². The molecule has 66 valence electrons. The zero-order valence-corrected chi connectivity index (χ0v) is 7.86. The van der Waals surface area contributed by atoms with Crippen molar-refractivity contribution in [2.75, 3.05) is 0 Å². The minimum absolute atomic E-state index is 0.189. The fourth-order valence-corrected chi connectivity index (χ4v) is 1.58. The van der Waals surface area contributed by atoms with Gasteiger partial charge in [-0.3, -0.25) is 4.79 Å². The molecule has 0 bridgehead atoms. The number of aromatic amines is 1. The molecule has 1 N–H and O–H groups in total. The van der Waals surface area contributed by atoms with E-state index in [1.54, 1.807) is 12.1 Å². The average Bonchev–Trinajstić information content (AvgIpc) is 2.02. The monoisotopic (exact) mass is 214 g/mol. The van der Waals surface area contributed by atoms with Gasteiger partial charge in [-0.2, -0.15) is 0 Å². The van der Waals surface area contributed by atoms with E-state index in [0.717, 1.165) is 0 Å². The van der Waals surface area contributed by atoms with Crippen molar-refractivity contribution in [1.82, 2.24) is 9.97 Å². The van der Waals surface area contributed by atoms with Crippen molar-refractivity contribution in [3.05, 3.63) is 38.9 Å². The molecule has 0 amide bonds. The zero-order chi connectivity index (χ0) is 9.42. The smallest absolute Gasteiger partial charge is 0.248 e. The van der Waals surface area contributed by atoms with E-state index in [0.29, 0.717) is 16.1 Å². The van der Waals surface area contributed by atoms with Crippen molar-refractivity contribution in [2.45, 2.75) is 0 Å². The minimum atomic E-state index is -0.189. The lowest BCUT2D eigenvalue weighted by Crippen LogP contribution is -2.02. The Morgan fingerprint density at radius 1 is 1.31 bits per heavy atom. The van der Waals surface area contributed by atoms with E-state index < -0.39 is 0 Å². The second-order valence-electron chi connectivity index (χ2n) is 2.52. The molecule has 13 heavy (non-hydrogen) atoms. The molecule has 3 nitrogen and oxygen atoms in total. The van der Waals surface area contributed by atoms with Crippen LogP contribution in [-0.2, 0) is 0 Å². The summed E-state index contributed by atoms with van der Waals surface area (Å²) < 4.78 is 0. The van der Waals surface area contributed by atoms with Crippen LogP contribution in [0.5, 0.6) is 0 Å². The Morgan fingerprint density at radius 3 is 2.85 bits per heavy atom. The van der Waals surface area contributed by atoms with E-state index in [2.05, 4.69) is 9.97 Å². The van der Waals surface area contributed by atoms with Gasteiger partial charge in [0.15, 0.2) is 0 Å². The summed E-state index contributed by atoms with van der Waals surface area (Å²) in [6.45, 7) is 0. The molecule has 2 aromatic rings. The number of hydrogen-bond acceptors (Lipinski definition) is 2. The first-order valence-corrected chi connectivity index (χ1v) is 4.27. The zero-order valence-electron chi connectivity index (χ0n) is 6.34. The van der Waals surface area contributed by atoms with E-state index >= 15 is 0 Å². The van der Waals surface area contributed by atoms with Crippen LogP contribution >= 0.6 is 23.2 Å². The van der Waals surface area contributed by atoms with Crippen molar-refractivity contribution in [3.8, 4) is 0 Å². The maximum Gasteiger partial charge on any atom is 0.248 e. The Balaban J connectivity index is 2.94. The fraction of sp³-hybridized carbons (Fsp3) is 0. The van der Waals surface area contributed by atoms with E-state index in [9.17, 15) is 4.79 Å². The number of H-pyrrole nitrogens is 1. The molecule has 0 unspecified atom stereocenters. The van der Waals surface area contributed by atoms with Crippen LogP contribution in [0.1, 0.15) is 0 Å². The molecule has 0 radical (unpaired) electrons. The van der Waals surface area contributed by atoms with Crippen LogP contribution in [0.15, 0.2) is 23.0 Å². The van der Waals surface area contributed by atoms with Gasteiger partial charge in [0.25, 0.3) is 0 Å². The highest BCUT2D eigenvalue weighted by molar-refractivity contribution is 6.36. The summed E-state index contributed by atoms with van der Waals surface area (Å²) in [6, 6.07) is 4.56. The second kappa shape index (κ2) is 3.01. The summed E-state index contributed by atoms with van der Waals surface area (Å²) in [5.74, 6) is 0. The molecular formula is C8H4Cl2N2O. The van der Waals surface area contributed by atoms with Crippen LogP contribution in [0.2, 0.25) is 10.3 Å². The molecule has 0 atom stereocenters. The summed E-state index contributed by atoms with van der Waals surface area (Å²) in [7, 11) is 0. The predicted molar refractivity (Wildman–Crippen MR) is 52.4 cm³/mol.